The highest BCUT2D eigenvalue weighted by atomic mass is 19.1. The molecule has 0 aliphatic heterocycles. The minimum absolute atomic E-state index is 0.116. The van der Waals surface area contributed by atoms with Gasteiger partial charge in [0.2, 0.25) is 0 Å². The summed E-state index contributed by atoms with van der Waals surface area (Å²) in [6.07, 6.45) is 1.02. The normalized spacial score (nSPS) is 13.6. The molecule has 0 unspecified atom stereocenters. The largest absolute Gasteiger partial charge is 0.295 e. The van der Waals surface area contributed by atoms with Gasteiger partial charge < -0.3 is 0 Å². The van der Waals surface area contributed by atoms with Gasteiger partial charge in [0.25, 0.3) is 0 Å². The molecule has 0 aliphatic rings. The van der Waals surface area contributed by atoms with Crippen molar-refractivity contribution in [2.45, 2.75) is 13.8 Å². The number of halogens is 1. The third kappa shape index (κ3) is 2.53. The molecule has 0 bridgehead atoms. The van der Waals surface area contributed by atoms with Gasteiger partial charge in [-0.05, 0) is 13.8 Å². The van der Waals surface area contributed by atoms with Crippen molar-refractivity contribution < 1.29 is 9.18 Å². The molecule has 56 valence electrons. The number of hydrogen-bond acceptors (Lipinski definition) is 2. The van der Waals surface area contributed by atoms with Gasteiger partial charge in [-0.1, -0.05) is 0 Å². The Hall–Kier alpha value is -0.990. The zero-order valence-corrected chi connectivity index (χ0v) is 6.31. The number of allylic oxidation sites excluding steroid dienone is 2. The molecule has 0 spiro atoms. The first-order valence-corrected chi connectivity index (χ1v) is 2.89. The Bertz CT molecular complexity index is 194. The molecule has 0 N–H and O–H groups in total. The van der Waals surface area contributed by atoms with Crippen LogP contribution in [0, 0.1) is 0 Å². The first-order valence-electron chi connectivity index (χ1n) is 2.89. The van der Waals surface area contributed by atoms with E-state index in [1.54, 1.807) is 0 Å². The Morgan fingerprint density at radius 3 is 2.30 bits per heavy atom. The van der Waals surface area contributed by atoms with Gasteiger partial charge in [-0.25, -0.2) is 4.39 Å². The molecule has 0 heterocycles. The van der Waals surface area contributed by atoms with E-state index in [2.05, 4.69) is 4.99 Å². The van der Waals surface area contributed by atoms with Gasteiger partial charge in [0.15, 0.2) is 5.78 Å². The molecule has 10 heavy (non-hydrogen) atoms. The minimum Gasteiger partial charge on any atom is -0.295 e. The molecular formula is C7H10FNO. The van der Waals surface area contributed by atoms with Gasteiger partial charge in [0, 0.05) is 12.6 Å². The third-order valence-electron chi connectivity index (χ3n) is 1.13. The number of carbonyl (C=O) groups is 1. The summed E-state index contributed by atoms with van der Waals surface area (Å²) in [5.41, 5.74) is 0.116. The maximum Gasteiger partial charge on any atom is 0.158 e. The lowest BCUT2D eigenvalue weighted by atomic mass is 10.2. The molecule has 0 aliphatic carbocycles. The van der Waals surface area contributed by atoms with Crippen LogP contribution < -0.4 is 0 Å². The third-order valence-corrected chi connectivity index (χ3v) is 1.13. The lowest BCUT2D eigenvalue weighted by Gasteiger charge is -1.91. The second-order valence-electron chi connectivity index (χ2n) is 1.92. The fourth-order valence-corrected chi connectivity index (χ4v) is 0.378. The molecule has 0 aromatic rings. The number of rotatable bonds is 2. The van der Waals surface area contributed by atoms with E-state index in [1.165, 1.54) is 20.9 Å². The smallest absolute Gasteiger partial charge is 0.158 e. The van der Waals surface area contributed by atoms with E-state index in [1.807, 2.05) is 0 Å². The van der Waals surface area contributed by atoms with Crippen molar-refractivity contribution in [3.05, 3.63) is 11.4 Å². The van der Waals surface area contributed by atoms with Crippen LogP contribution in [0.3, 0.4) is 0 Å². The lowest BCUT2D eigenvalue weighted by molar-refractivity contribution is -0.113. The van der Waals surface area contributed by atoms with Crippen LogP contribution in [-0.2, 0) is 4.79 Å². The topological polar surface area (TPSA) is 29.4 Å². The Labute approximate surface area is 59.5 Å². The summed E-state index contributed by atoms with van der Waals surface area (Å²) in [6.45, 7) is 2.75. The predicted molar refractivity (Wildman–Crippen MR) is 38.9 cm³/mol. The summed E-state index contributed by atoms with van der Waals surface area (Å²) in [4.78, 5) is 13.9. The Kier molecular flexibility index (Phi) is 3.54. The highest BCUT2D eigenvalue weighted by Gasteiger charge is 2.01. The number of Topliss-reactive ketones (excluding diaryl/α,β-unsaturated/α-hetero) is 1. The average molecular weight is 143 g/mol. The first-order chi connectivity index (χ1) is 4.59. The van der Waals surface area contributed by atoms with E-state index < -0.39 is 5.83 Å². The van der Waals surface area contributed by atoms with Crippen LogP contribution in [0.5, 0.6) is 0 Å². The fourth-order valence-electron chi connectivity index (χ4n) is 0.378. The average Bonchev–Trinajstić information content (AvgIpc) is 1.87. The van der Waals surface area contributed by atoms with Gasteiger partial charge in [0.1, 0.15) is 5.83 Å². The molecule has 2 nitrogen and oxygen atoms in total. The molecule has 0 saturated carbocycles. The fraction of sp³-hybridized carbons (Fsp3) is 0.429. The van der Waals surface area contributed by atoms with Crippen LogP contribution in [0.25, 0.3) is 0 Å². The number of ketones is 1. The van der Waals surface area contributed by atoms with Gasteiger partial charge >= 0.3 is 0 Å². The number of carbonyl (C=O) groups excluding carboxylic acids is 1. The molecule has 0 rings (SSSR count). The SMILES string of the molecule is CN=C/C(F)=C(\C)C(C)=O. The maximum atomic E-state index is 12.6. The van der Waals surface area contributed by atoms with Crippen molar-refractivity contribution in [3.63, 3.8) is 0 Å². The molecule has 0 aromatic heterocycles. The predicted octanol–water partition coefficient (Wildman–Crippen LogP) is 1.52. The number of aliphatic imine (C=N–C) groups is 1. The second-order valence-corrected chi connectivity index (χ2v) is 1.92. The van der Waals surface area contributed by atoms with Crippen molar-refractivity contribution in [2.24, 2.45) is 4.99 Å². The summed E-state index contributed by atoms with van der Waals surface area (Å²) in [6, 6.07) is 0. The van der Waals surface area contributed by atoms with Gasteiger partial charge in [-0.15, -0.1) is 0 Å². The maximum absolute atomic E-state index is 12.6. The summed E-state index contributed by atoms with van der Waals surface area (Å²) >= 11 is 0. The molecule has 3 heteroatoms. The van der Waals surface area contributed by atoms with Crippen molar-refractivity contribution in [3.8, 4) is 0 Å². The Morgan fingerprint density at radius 1 is 1.50 bits per heavy atom. The zero-order chi connectivity index (χ0) is 8.15. The van der Waals surface area contributed by atoms with Gasteiger partial charge in [0.05, 0.1) is 6.21 Å². The van der Waals surface area contributed by atoms with Gasteiger partial charge in [-0.3, -0.25) is 9.79 Å². The van der Waals surface area contributed by atoms with E-state index in [9.17, 15) is 9.18 Å². The molecule has 0 atom stereocenters. The highest BCUT2D eigenvalue weighted by molar-refractivity contribution is 5.98. The van der Waals surface area contributed by atoms with Crippen LogP contribution in [0.15, 0.2) is 16.4 Å². The van der Waals surface area contributed by atoms with E-state index in [0.717, 1.165) is 6.21 Å². The summed E-state index contributed by atoms with van der Waals surface area (Å²) in [7, 11) is 1.45. The summed E-state index contributed by atoms with van der Waals surface area (Å²) in [5.74, 6) is -0.826. The quantitative estimate of drug-likeness (QED) is 0.425. The van der Waals surface area contributed by atoms with Crippen LogP contribution in [0.2, 0.25) is 0 Å². The van der Waals surface area contributed by atoms with Crippen molar-refractivity contribution in [1.82, 2.24) is 0 Å². The first kappa shape index (κ1) is 9.01. The zero-order valence-electron chi connectivity index (χ0n) is 6.31. The number of hydrogen-bond donors (Lipinski definition) is 0. The lowest BCUT2D eigenvalue weighted by Crippen LogP contribution is -1.95. The summed E-state index contributed by atoms with van der Waals surface area (Å²) in [5, 5.41) is 0. The monoisotopic (exact) mass is 143 g/mol. The molecule has 0 amide bonds. The van der Waals surface area contributed by atoms with Crippen LogP contribution >= 0.6 is 0 Å². The van der Waals surface area contributed by atoms with Crippen LogP contribution in [-0.4, -0.2) is 19.0 Å². The second kappa shape index (κ2) is 3.93. The van der Waals surface area contributed by atoms with Crippen LogP contribution in [0.4, 0.5) is 4.39 Å². The molecule has 0 saturated heterocycles. The Morgan fingerprint density at radius 2 is 2.00 bits per heavy atom. The number of nitrogens with zero attached hydrogens (tertiary/aromatic N) is 1. The van der Waals surface area contributed by atoms with E-state index in [0.29, 0.717) is 0 Å². The minimum atomic E-state index is -0.560. The van der Waals surface area contributed by atoms with Gasteiger partial charge in [-0.2, -0.15) is 0 Å². The van der Waals surface area contributed by atoms with E-state index >= 15 is 0 Å². The van der Waals surface area contributed by atoms with Crippen molar-refractivity contribution in [2.75, 3.05) is 7.05 Å². The Balaban J connectivity index is 4.50. The van der Waals surface area contributed by atoms with Crippen LogP contribution in [0.1, 0.15) is 13.8 Å². The van der Waals surface area contributed by atoms with E-state index in [4.69, 9.17) is 0 Å². The van der Waals surface area contributed by atoms with Crippen molar-refractivity contribution in [1.29, 1.82) is 0 Å². The molecule has 0 aromatic carbocycles. The molecular weight excluding hydrogens is 133 g/mol. The highest BCUT2D eigenvalue weighted by Crippen LogP contribution is 2.03. The van der Waals surface area contributed by atoms with Crippen molar-refractivity contribution >= 4 is 12.0 Å². The molecule has 0 radical (unpaired) electrons. The molecule has 0 fully saturated rings. The standard InChI is InChI=1S/C7H10FNO/c1-5(6(2)10)7(8)4-9-3/h4H,1-3H3/b7-5-,9-4?. The summed E-state index contributed by atoms with van der Waals surface area (Å²) < 4.78 is 12.6. The van der Waals surface area contributed by atoms with E-state index in [-0.39, 0.29) is 11.4 Å².